The first-order valence-electron chi connectivity index (χ1n) is 7.09. The standard InChI is InChI=1S/C17H19NO4/c1-19-14-5-13(6-15(8-14)20-2)10-18-9-12-3-4-16-17(7-12)22-11-21-16/h3-8,18H,9-11H2,1-2H3. The molecule has 0 amide bonds. The molecule has 0 aromatic heterocycles. The van der Waals surface area contributed by atoms with Gasteiger partial charge >= 0.3 is 0 Å². The molecule has 1 aliphatic heterocycles. The molecule has 0 saturated carbocycles. The van der Waals surface area contributed by atoms with Gasteiger partial charge in [0.15, 0.2) is 11.5 Å². The molecule has 0 bridgehead atoms. The Morgan fingerprint density at radius 2 is 1.55 bits per heavy atom. The Hall–Kier alpha value is -2.40. The van der Waals surface area contributed by atoms with Crippen LogP contribution in [-0.4, -0.2) is 21.0 Å². The van der Waals surface area contributed by atoms with Crippen molar-refractivity contribution in [2.45, 2.75) is 13.1 Å². The van der Waals surface area contributed by atoms with E-state index in [1.165, 1.54) is 0 Å². The van der Waals surface area contributed by atoms with Gasteiger partial charge in [-0.1, -0.05) is 6.07 Å². The van der Waals surface area contributed by atoms with Gasteiger partial charge in [0.1, 0.15) is 11.5 Å². The quantitative estimate of drug-likeness (QED) is 0.889. The van der Waals surface area contributed by atoms with Gasteiger partial charge < -0.3 is 24.3 Å². The third kappa shape index (κ3) is 3.26. The van der Waals surface area contributed by atoms with E-state index < -0.39 is 0 Å². The Bertz CT molecular complexity index is 635. The molecule has 0 atom stereocenters. The second kappa shape index (κ2) is 6.58. The number of methoxy groups -OCH3 is 2. The van der Waals surface area contributed by atoms with Crippen molar-refractivity contribution in [3.05, 3.63) is 47.5 Å². The average molecular weight is 301 g/mol. The Morgan fingerprint density at radius 1 is 0.864 bits per heavy atom. The van der Waals surface area contributed by atoms with Crippen LogP contribution in [0.1, 0.15) is 11.1 Å². The number of nitrogens with one attached hydrogen (secondary N) is 1. The number of hydrogen-bond acceptors (Lipinski definition) is 5. The molecular weight excluding hydrogens is 282 g/mol. The number of benzene rings is 2. The molecule has 5 heteroatoms. The fraction of sp³-hybridized carbons (Fsp3) is 0.294. The monoisotopic (exact) mass is 301 g/mol. The summed E-state index contributed by atoms with van der Waals surface area (Å²) in [5, 5.41) is 3.40. The van der Waals surface area contributed by atoms with Crippen molar-refractivity contribution in [1.82, 2.24) is 5.32 Å². The Morgan fingerprint density at radius 3 is 2.27 bits per heavy atom. The van der Waals surface area contributed by atoms with Crippen LogP contribution in [0, 0.1) is 0 Å². The topological polar surface area (TPSA) is 49.0 Å². The number of fused-ring (bicyclic) bond motifs is 1. The Labute approximate surface area is 129 Å². The van der Waals surface area contributed by atoms with Crippen molar-refractivity contribution in [1.29, 1.82) is 0 Å². The number of hydrogen-bond donors (Lipinski definition) is 1. The van der Waals surface area contributed by atoms with Crippen LogP contribution < -0.4 is 24.3 Å². The van der Waals surface area contributed by atoms with Gasteiger partial charge in [0.25, 0.3) is 0 Å². The number of ether oxygens (including phenoxy) is 4. The largest absolute Gasteiger partial charge is 0.497 e. The first-order valence-corrected chi connectivity index (χ1v) is 7.09. The maximum absolute atomic E-state index is 5.38. The minimum atomic E-state index is 0.301. The molecule has 0 spiro atoms. The summed E-state index contributed by atoms with van der Waals surface area (Å²) in [6.45, 7) is 1.77. The molecule has 1 aliphatic rings. The predicted octanol–water partition coefficient (Wildman–Crippen LogP) is 2.72. The van der Waals surface area contributed by atoms with Crippen LogP contribution in [0.15, 0.2) is 36.4 Å². The molecule has 116 valence electrons. The number of rotatable bonds is 6. The molecule has 5 nitrogen and oxygen atoms in total. The fourth-order valence-corrected chi connectivity index (χ4v) is 2.37. The van der Waals surface area contributed by atoms with E-state index >= 15 is 0 Å². The van der Waals surface area contributed by atoms with E-state index in [9.17, 15) is 0 Å². The fourth-order valence-electron chi connectivity index (χ4n) is 2.37. The third-order valence-electron chi connectivity index (χ3n) is 3.51. The molecule has 1 heterocycles. The summed E-state index contributed by atoms with van der Waals surface area (Å²) in [6.07, 6.45) is 0. The van der Waals surface area contributed by atoms with Gasteiger partial charge in [-0.15, -0.1) is 0 Å². The SMILES string of the molecule is COc1cc(CNCc2ccc3c(c2)OCO3)cc(OC)c1. The van der Waals surface area contributed by atoms with Crippen LogP contribution in [0.25, 0.3) is 0 Å². The predicted molar refractivity (Wildman–Crippen MR) is 82.7 cm³/mol. The van der Waals surface area contributed by atoms with Crippen LogP contribution in [0.4, 0.5) is 0 Å². The summed E-state index contributed by atoms with van der Waals surface area (Å²) < 4.78 is 21.2. The molecule has 2 aromatic rings. The molecule has 0 unspecified atom stereocenters. The molecule has 1 N–H and O–H groups in total. The van der Waals surface area contributed by atoms with Crippen LogP contribution in [-0.2, 0) is 13.1 Å². The molecule has 3 rings (SSSR count). The third-order valence-corrected chi connectivity index (χ3v) is 3.51. The van der Waals surface area contributed by atoms with Gasteiger partial charge in [-0.05, 0) is 35.4 Å². The highest BCUT2D eigenvalue weighted by molar-refractivity contribution is 5.44. The van der Waals surface area contributed by atoms with Crippen LogP contribution in [0.3, 0.4) is 0 Å². The van der Waals surface area contributed by atoms with E-state index in [0.29, 0.717) is 6.79 Å². The first kappa shape index (κ1) is 14.5. The summed E-state index contributed by atoms with van der Waals surface area (Å²) in [5.41, 5.74) is 2.26. The lowest BCUT2D eigenvalue weighted by Crippen LogP contribution is -2.12. The summed E-state index contributed by atoms with van der Waals surface area (Å²) in [6, 6.07) is 11.8. The lowest BCUT2D eigenvalue weighted by Gasteiger charge is -2.10. The van der Waals surface area contributed by atoms with Crippen molar-refractivity contribution in [3.63, 3.8) is 0 Å². The molecule has 0 radical (unpaired) electrons. The second-order valence-corrected chi connectivity index (χ2v) is 5.01. The van der Waals surface area contributed by atoms with E-state index in [-0.39, 0.29) is 0 Å². The lowest BCUT2D eigenvalue weighted by molar-refractivity contribution is 0.174. The minimum Gasteiger partial charge on any atom is -0.497 e. The van der Waals surface area contributed by atoms with Gasteiger partial charge in [0.05, 0.1) is 14.2 Å². The summed E-state index contributed by atoms with van der Waals surface area (Å²) in [7, 11) is 3.30. The zero-order valence-corrected chi connectivity index (χ0v) is 12.7. The molecule has 0 aliphatic carbocycles. The minimum absolute atomic E-state index is 0.301. The van der Waals surface area contributed by atoms with E-state index in [2.05, 4.69) is 5.32 Å². The highest BCUT2D eigenvalue weighted by Crippen LogP contribution is 2.32. The molecule has 0 saturated heterocycles. The summed E-state index contributed by atoms with van der Waals surface area (Å²) >= 11 is 0. The first-order chi connectivity index (χ1) is 10.8. The molecule has 22 heavy (non-hydrogen) atoms. The smallest absolute Gasteiger partial charge is 0.231 e. The van der Waals surface area contributed by atoms with E-state index in [4.69, 9.17) is 18.9 Å². The molecular formula is C17H19NO4. The van der Waals surface area contributed by atoms with Gasteiger partial charge in [-0.25, -0.2) is 0 Å². The average Bonchev–Trinajstić information content (AvgIpc) is 3.02. The van der Waals surface area contributed by atoms with Crippen molar-refractivity contribution < 1.29 is 18.9 Å². The zero-order chi connectivity index (χ0) is 15.4. The highest BCUT2D eigenvalue weighted by atomic mass is 16.7. The van der Waals surface area contributed by atoms with E-state index in [1.54, 1.807) is 14.2 Å². The van der Waals surface area contributed by atoms with Gasteiger partial charge in [0, 0.05) is 19.2 Å². The maximum atomic E-state index is 5.38. The van der Waals surface area contributed by atoms with Crippen molar-refractivity contribution in [2.24, 2.45) is 0 Å². The lowest BCUT2D eigenvalue weighted by atomic mass is 10.1. The summed E-state index contributed by atoms with van der Waals surface area (Å²) in [5.74, 6) is 3.20. The van der Waals surface area contributed by atoms with Gasteiger partial charge in [0.2, 0.25) is 6.79 Å². The zero-order valence-electron chi connectivity index (χ0n) is 12.7. The van der Waals surface area contributed by atoms with Crippen molar-refractivity contribution in [3.8, 4) is 23.0 Å². The van der Waals surface area contributed by atoms with Gasteiger partial charge in [-0.3, -0.25) is 0 Å². The van der Waals surface area contributed by atoms with E-state index in [0.717, 1.165) is 47.2 Å². The van der Waals surface area contributed by atoms with Crippen molar-refractivity contribution >= 4 is 0 Å². The molecule has 0 fully saturated rings. The maximum Gasteiger partial charge on any atom is 0.231 e. The van der Waals surface area contributed by atoms with Crippen LogP contribution >= 0.6 is 0 Å². The van der Waals surface area contributed by atoms with Gasteiger partial charge in [-0.2, -0.15) is 0 Å². The second-order valence-electron chi connectivity index (χ2n) is 5.01. The van der Waals surface area contributed by atoms with Crippen molar-refractivity contribution in [2.75, 3.05) is 21.0 Å². The molecule has 2 aromatic carbocycles. The van der Waals surface area contributed by atoms with Crippen LogP contribution in [0.5, 0.6) is 23.0 Å². The highest BCUT2D eigenvalue weighted by Gasteiger charge is 2.12. The Kier molecular flexibility index (Phi) is 4.34. The normalized spacial score (nSPS) is 12.3. The van der Waals surface area contributed by atoms with E-state index in [1.807, 2.05) is 36.4 Å². The Balaban J connectivity index is 1.61. The summed E-state index contributed by atoms with van der Waals surface area (Å²) in [4.78, 5) is 0. The van der Waals surface area contributed by atoms with Crippen LogP contribution in [0.2, 0.25) is 0 Å².